The van der Waals surface area contributed by atoms with Crippen molar-refractivity contribution in [1.82, 2.24) is 0 Å². The maximum Gasteiger partial charge on any atom is 0.416 e. The van der Waals surface area contributed by atoms with Gasteiger partial charge in [0.05, 0.1) is 12.2 Å². The Bertz CT molecular complexity index is 547. The number of carbonyl (C=O) groups is 2. The first-order valence-electron chi connectivity index (χ1n) is 5.55. The Kier molecular flexibility index (Phi) is 4.90. The standard InChI is InChI=1S/C13H11F3O4/c1-2-20-12(19)11(18)7-10(17)8-4-3-5-9(6-8)13(14,15)16/h3-7,17H,2H2,1H3/b10-7+. The molecule has 0 fully saturated rings. The second-order valence-electron chi connectivity index (χ2n) is 3.69. The molecule has 1 rings (SSSR count). The molecule has 0 aromatic heterocycles. The summed E-state index contributed by atoms with van der Waals surface area (Å²) < 4.78 is 41.8. The fraction of sp³-hybridized carbons (Fsp3) is 0.231. The van der Waals surface area contributed by atoms with E-state index in [9.17, 15) is 27.9 Å². The summed E-state index contributed by atoms with van der Waals surface area (Å²) in [6.07, 6.45) is -4.05. The molecule has 1 aromatic carbocycles. The maximum atomic E-state index is 12.5. The average molecular weight is 288 g/mol. The minimum Gasteiger partial charge on any atom is -0.507 e. The van der Waals surface area contributed by atoms with Crippen LogP contribution in [-0.4, -0.2) is 23.5 Å². The van der Waals surface area contributed by atoms with Crippen molar-refractivity contribution in [3.63, 3.8) is 0 Å². The van der Waals surface area contributed by atoms with Crippen molar-refractivity contribution in [1.29, 1.82) is 0 Å². The van der Waals surface area contributed by atoms with Crippen molar-refractivity contribution in [2.75, 3.05) is 6.61 Å². The Labute approximate surface area is 112 Å². The third-order valence-corrected chi connectivity index (χ3v) is 2.23. The van der Waals surface area contributed by atoms with Gasteiger partial charge >= 0.3 is 12.1 Å². The van der Waals surface area contributed by atoms with Crippen molar-refractivity contribution < 1.29 is 32.6 Å². The predicted octanol–water partition coefficient (Wildman–Crippen LogP) is 2.74. The number of benzene rings is 1. The summed E-state index contributed by atoms with van der Waals surface area (Å²) >= 11 is 0. The lowest BCUT2D eigenvalue weighted by atomic mass is 10.1. The fourth-order valence-electron chi connectivity index (χ4n) is 1.32. The van der Waals surface area contributed by atoms with Gasteiger partial charge in [0.25, 0.3) is 5.78 Å². The number of rotatable bonds is 4. The highest BCUT2D eigenvalue weighted by molar-refractivity contribution is 6.39. The molecule has 0 bridgehead atoms. The summed E-state index contributed by atoms with van der Waals surface area (Å²) in [6, 6.07) is 3.75. The summed E-state index contributed by atoms with van der Waals surface area (Å²) in [5.41, 5.74) is -1.20. The van der Waals surface area contributed by atoms with E-state index in [-0.39, 0.29) is 12.2 Å². The van der Waals surface area contributed by atoms with Gasteiger partial charge in [-0.3, -0.25) is 4.79 Å². The Morgan fingerprint density at radius 3 is 2.55 bits per heavy atom. The van der Waals surface area contributed by atoms with Gasteiger partial charge in [-0.15, -0.1) is 0 Å². The van der Waals surface area contributed by atoms with E-state index in [0.29, 0.717) is 12.1 Å². The lowest BCUT2D eigenvalue weighted by Crippen LogP contribution is -2.15. The van der Waals surface area contributed by atoms with E-state index in [4.69, 9.17) is 0 Å². The highest BCUT2D eigenvalue weighted by atomic mass is 19.4. The quantitative estimate of drug-likeness (QED) is 0.400. The Morgan fingerprint density at radius 2 is 2.00 bits per heavy atom. The monoisotopic (exact) mass is 288 g/mol. The number of aliphatic hydroxyl groups is 1. The Morgan fingerprint density at radius 1 is 1.35 bits per heavy atom. The number of hydrogen-bond acceptors (Lipinski definition) is 4. The lowest BCUT2D eigenvalue weighted by Gasteiger charge is -2.08. The van der Waals surface area contributed by atoms with Crippen LogP contribution in [0.2, 0.25) is 0 Å². The zero-order valence-electron chi connectivity index (χ0n) is 10.4. The molecule has 0 aliphatic carbocycles. The van der Waals surface area contributed by atoms with Crippen LogP contribution in [0.5, 0.6) is 0 Å². The van der Waals surface area contributed by atoms with Crippen LogP contribution in [0.1, 0.15) is 18.1 Å². The topological polar surface area (TPSA) is 63.6 Å². The van der Waals surface area contributed by atoms with Gasteiger partial charge in [-0.1, -0.05) is 12.1 Å². The van der Waals surface area contributed by atoms with Gasteiger partial charge in [0, 0.05) is 11.6 Å². The van der Waals surface area contributed by atoms with Gasteiger partial charge in [-0.05, 0) is 19.1 Å². The number of ketones is 1. The first-order chi connectivity index (χ1) is 9.25. The van der Waals surface area contributed by atoms with E-state index in [1.165, 1.54) is 13.0 Å². The number of hydrogen-bond donors (Lipinski definition) is 1. The molecule has 4 nitrogen and oxygen atoms in total. The largest absolute Gasteiger partial charge is 0.507 e. The van der Waals surface area contributed by atoms with E-state index >= 15 is 0 Å². The summed E-state index contributed by atoms with van der Waals surface area (Å²) in [7, 11) is 0. The number of halogens is 3. The van der Waals surface area contributed by atoms with Gasteiger partial charge < -0.3 is 9.84 Å². The third-order valence-electron chi connectivity index (χ3n) is 2.23. The zero-order valence-corrected chi connectivity index (χ0v) is 10.4. The van der Waals surface area contributed by atoms with E-state index in [1.54, 1.807) is 0 Å². The van der Waals surface area contributed by atoms with Crippen LogP contribution in [0.3, 0.4) is 0 Å². The maximum absolute atomic E-state index is 12.5. The van der Waals surface area contributed by atoms with Crippen LogP contribution in [0.15, 0.2) is 30.3 Å². The molecule has 7 heteroatoms. The SMILES string of the molecule is CCOC(=O)C(=O)/C=C(/O)c1cccc(C(F)(F)F)c1. The lowest BCUT2D eigenvalue weighted by molar-refractivity contribution is -0.151. The second kappa shape index (κ2) is 6.23. The first kappa shape index (κ1) is 15.7. The summed E-state index contributed by atoms with van der Waals surface area (Å²) in [5, 5.41) is 9.56. The number of carbonyl (C=O) groups excluding carboxylic acids is 2. The Balaban J connectivity index is 3.00. The van der Waals surface area contributed by atoms with Crippen molar-refractivity contribution in [3.8, 4) is 0 Å². The highest BCUT2D eigenvalue weighted by Gasteiger charge is 2.30. The number of aliphatic hydroxyl groups excluding tert-OH is 1. The minimum atomic E-state index is -4.57. The van der Waals surface area contributed by atoms with Crippen LogP contribution in [-0.2, 0) is 20.5 Å². The minimum absolute atomic E-state index is 0.0251. The number of ether oxygens (including phenoxy) is 1. The molecule has 1 N–H and O–H groups in total. The normalized spacial score (nSPS) is 12.1. The summed E-state index contributed by atoms with van der Waals surface area (Å²) in [5.74, 6) is -3.08. The van der Waals surface area contributed by atoms with Crippen molar-refractivity contribution >= 4 is 17.5 Å². The Hall–Kier alpha value is -2.31. The van der Waals surface area contributed by atoms with Crippen LogP contribution in [0.25, 0.3) is 5.76 Å². The molecule has 0 saturated carbocycles. The van der Waals surface area contributed by atoms with Crippen molar-refractivity contribution in [3.05, 3.63) is 41.5 Å². The average Bonchev–Trinajstić information content (AvgIpc) is 2.38. The number of alkyl halides is 3. The summed E-state index contributed by atoms with van der Waals surface area (Å²) in [6.45, 7) is 1.46. The molecule has 0 aliphatic rings. The van der Waals surface area contributed by atoms with Crippen molar-refractivity contribution in [2.24, 2.45) is 0 Å². The molecular formula is C13H11F3O4. The van der Waals surface area contributed by atoms with Gasteiger partial charge in [0.2, 0.25) is 0 Å². The van der Waals surface area contributed by atoms with E-state index in [2.05, 4.69) is 4.74 Å². The molecule has 1 aromatic rings. The molecule has 0 saturated heterocycles. The van der Waals surface area contributed by atoms with Gasteiger partial charge in [0.15, 0.2) is 0 Å². The van der Waals surface area contributed by atoms with E-state index in [0.717, 1.165) is 12.1 Å². The van der Waals surface area contributed by atoms with Crippen LogP contribution < -0.4 is 0 Å². The van der Waals surface area contributed by atoms with E-state index < -0.39 is 29.3 Å². The molecule has 0 aliphatic heterocycles. The van der Waals surface area contributed by atoms with E-state index in [1.807, 2.05) is 0 Å². The fourth-order valence-corrected chi connectivity index (χ4v) is 1.32. The molecule has 108 valence electrons. The summed E-state index contributed by atoms with van der Waals surface area (Å²) in [4.78, 5) is 22.3. The molecule has 0 unspecified atom stereocenters. The number of esters is 1. The van der Waals surface area contributed by atoms with Crippen LogP contribution in [0.4, 0.5) is 13.2 Å². The highest BCUT2D eigenvalue weighted by Crippen LogP contribution is 2.30. The van der Waals surface area contributed by atoms with Crippen LogP contribution >= 0.6 is 0 Å². The second-order valence-corrected chi connectivity index (χ2v) is 3.69. The molecule has 0 spiro atoms. The molecular weight excluding hydrogens is 277 g/mol. The third kappa shape index (κ3) is 4.11. The molecule has 0 atom stereocenters. The van der Waals surface area contributed by atoms with Crippen LogP contribution in [0, 0.1) is 0 Å². The molecule has 0 heterocycles. The van der Waals surface area contributed by atoms with Crippen molar-refractivity contribution in [2.45, 2.75) is 13.1 Å². The van der Waals surface area contributed by atoms with Gasteiger partial charge in [-0.2, -0.15) is 13.2 Å². The zero-order chi connectivity index (χ0) is 15.3. The molecule has 0 radical (unpaired) electrons. The van der Waals surface area contributed by atoms with Gasteiger partial charge in [-0.25, -0.2) is 4.79 Å². The molecule has 0 amide bonds. The molecule has 20 heavy (non-hydrogen) atoms. The smallest absolute Gasteiger partial charge is 0.416 e. The first-order valence-corrected chi connectivity index (χ1v) is 5.55. The van der Waals surface area contributed by atoms with Gasteiger partial charge in [0.1, 0.15) is 5.76 Å². The predicted molar refractivity (Wildman–Crippen MR) is 63.7 cm³/mol.